The summed E-state index contributed by atoms with van der Waals surface area (Å²) in [5, 5.41) is 19.6. The lowest BCUT2D eigenvalue weighted by atomic mass is 9.91. The predicted octanol–water partition coefficient (Wildman–Crippen LogP) is 3.47. The highest BCUT2D eigenvalue weighted by Gasteiger charge is 2.25. The molecule has 0 atom stereocenters. The Bertz CT molecular complexity index is 1010. The zero-order chi connectivity index (χ0) is 18.1. The van der Waals surface area contributed by atoms with Crippen molar-refractivity contribution in [2.24, 2.45) is 0 Å². The van der Waals surface area contributed by atoms with Crippen LogP contribution in [0.3, 0.4) is 0 Å². The van der Waals surface area contributed by atoms with Crippen molar-refractivity contribution < 1.29 is 5.11 Å². The number of aromatic hydroxyl groups is 1. The average Bonchev–Trinajstić information content (AvgIpc) is 2.67. The number of fused-ring (bicyclic) bond motifs is 1. The Morgan fingerprint density at radius 1 is 1.12 bits per heavy atom. The molecule has 1 aliphatic rings. The second kappa shape index (κ2) is 6.41. The first-order valence-corrected chi connectivity index (χ1v) is 8.48. The highest BCUT2D eigenvalue weighted by atomic mass is 16.3. The monoisotopic (exact) mass is 342 g/mol. The molecule has 0 aliphatic carbocycles. The number of phenols is 1. The molecule has 0 spiro atoms. The predicted molar refractivity (Wildman–Crippen MR) is 102 cm³/mol. The van der Waals surface area contributed by atoms with Crippen LogP contribution >= 0.6 is 0 Å². The third kappa shape index (κ3) is 2.72. The minimum absolute atomic E-state index is 0.159. The van der Waals surface area contributed by atoms with E-state index >= 15 is 0 Å². The second-order valence-electron chi connectivity index (χ2n) is 6.34. The molecule has 3 N–H and O–H groups in total. The van der Waals surface area contributed by atoms with Crippen LogP contribution < -0.4 is 10.6 Å². The number of para-hydroxylation sites is 1. The van der Waals surface area contributed by atoms with Gasteiger partial charge in [0.05, 0.1) is 5.69 Å². The Labute approximate surface area is 152 Å². The van der Waals surface area contributed by atoms with Gasteiger partial charge < -0.3 is 15.7 Å². The van der Waals surface area contributed by atoms with Gasteiger partial charge in [0.1, 0.15) is 23.2 Å². The van der Waals surface area contributed by atoms with Gasteiger partial charge in [0.2, 0.25) is 0 Å². The molecule has 3 aromatic rings. The van der Waals surface area contributed by atoms with Crippen molar-refractivity contribution >= 4 is 11.5 Å². The van der Waals surface area contributed by atoms with Crippen LogP contribution in [-0.2, 0) is 13.0 Å². The third-order valence-corrected chi connectivity index (χ3v) is 4.75. The van der Waals surface area contributed by atoms with E-state index in [1.165, 1.54) is 0 Å². The number of rotatable bonds is 2. The first-order chi connectivity index (χ1) is 12.7. The molecule has 0 unspecified atom stereocenters. The Kier molecular flexibility index (Phi) is 3.94. The summed E-state index contributed by atoms with van der Waals surface area (Å²) in [7, 11) is 0. The molecule has 0 fully saturated rings. The van der Waals surface area contributed by atoms with Gasteiger partial charge in [-0.15, -0.1) is 0 Å². The second-order valence-corrected chi connectivity index (χ2v) is 6.34. The summed E-state index contributed by atoms with van der Waals surface area (Å²) in [4.78, 5) is 6.76. The van der Waals surface area contributed by atoms with Crippen molar-refractivity contribution in [1.82, 2.24) is 4.98 Å². The van der Waals surface area contributed by atoms with E-state index in [4.69, 9.17) is 5.73 Å². The van der Waals surface area contributed by atoms with Crippen molar-refractivity contribution in [3.05, 3.63) is 71.4 Å². The SMILES string of the molecule is N#Cc1c(N)nc2c(c1-c1cccc(O)c1)CN(c1ccccc1)CC2. The first-order valence-electron chi connectivity index (χ1n) is 8.48. The van der Waals surface area contributed by atoms with Gasteiger partial charge in [-0.05, 0) is 29.8 Å². The number of phenolic OH excluding ortho intramolecular Hbond substituents is 1. The van der Waals surface area contributed by atoms with E-state index in [2.05, 4.69) is 28.1 Å². The minimum atomic E-state index is 0.159. The number of benzene rings is 2. The number of nitrogen functional groups attached to an aromatic ring is 1. The maximum Gasteiger partial charge on any atom is 0.142 e. The van der Waals surface area contributed by atoms with Gasteiger partial charge >= 0.3 is 0 Å². The number of anilines is 2. The topological polar surface area (TPSA) is 86.2 Å². The molecule has 5 heteroatoms. The van der Waals surface area contributed by atoms with E-state index in [9.17, 15) is 10.4 Å². The number of nitriles is 1. The Hall–Kier alpha value is -3.52. The molecule has 0 amide bonds. The summed E-state index contributed by atoms with van der Waals surface area (Å²) in [5.41, 5.74) is 11.0. The standard InChI is InChI=1S/C21H18N4O/c22-12-17-20(14-5-4-8-16(26)11-14)18-13-25(15-6-2-1-3-7-15)10-9-19(18)24-21(17)23/h1-8,11,26H,9-10,13H2,(H2,23,24). The molecule has 2 heterocycles. The quantitative estimate of drug-likeness (QED) is 0.745. The van der Waals surface area contributed by atoms with Crippen molar-refractivity contribution in [2.75, 3.05) is 17.2 Å². The summed E-state index contributed by atoms with van der Waals surface area (Å²) in [5.74, 6) is 0.406. The smallest absolute Gasteiger partial charge is 0.142 e. The summed E-state index contributed by atoms with van der Waals surface area (Å²) in [6, 6.07) is 19.3. The molecule has 0 saturated carbocycles. The van der Waals surface area contributed by atoms with E-state index in [1.807, 2.05) is 24.3 Å². The fourth-order valence-corrected chi connectivity index (χ4v) is 3.53. The molecule has 1 aromatic heterocycles. The molecule has 26 heavy (non-hydrogen) atoms. The summed E-state index contributed by atoms with van der Waals surface area (Å²) >= 11 is 0. The summed E-state index contributed by atoms with van der Waals surface area (Å²) < 4.78 is 0. The fourth-order valence-electron chi connectivity index (χ4n) is 3.53. The lowest BCUT2D eigenvalue weighted by molar-refractivity contribution is 0.475. The average molecular weight is 342 g/mol. The van der Waals surface area contributed by atoms with Gasteiger partial charge in [-0.3, -0.25) is 0 Å². The number of hydrogen-bond donors (Lipinski definition) is 2. The number of aromatic nitrogens is 1. The molecular weight excluding hydrogens is 324 g/mol. The number of nitrogens with zero attached hydrogens (tertiary/aromatic N) is 3. The molecule has 4 rings (SSSR count). The minimum Gasteiger partial charge on any atom is -0.508 e. The van der Waals surface area contributed by atoms with Crippen molar-refractivity contribution in [3.8, 4) is 22.9 Å². The maximum absolute atomic E-state index is 9.90. The normalized spacial score (nSPS) is 13.1. The number of nitrogens with two attached hydrogens (primary N) is 1. The molecule has 0 radical (unpaired) electrons. The van der Waals surface area contributed by atoms with E-state index in [0.29, 0.717) is 12.1 Å². The van der Waals surface area contributed by atoms with E-state index in [1.54, 1.807) is 18.2 Å². The van der Waals surface area contributed by atoms with Crippen molar-refractivity contribution in [1.29, 1.82) is 5.26 Å². The lowest BCUT2D eigenvalue weighted by Crippen LogP contribution is -2.32. The van der Waals surface area contributed by atoms with Gasteiger partial charge in [0, 0.05) is 36.3 Å². The molecular formula is C21H18N4O. The highest BCUT2D eigenvalue weighted by molar-refractivity contribution is 5.80. The Morgan fingerprint density at radius 2 is 1.92 bits per heavy atom. The van der Waals surface area contributed by atoms with E-state index in [0.717, 1.165) is 41.0 Å². The zero-order valence-electron chi connectivity index (χ0n) is 14.2. The molecule has 5 nitrogen and oxygen atoms in total. The molecule has 0 saturated heterocycles. The van der Waals surface area contributed by atoms with Crippen LogP contribution in [0.2, 0.25) is 0 Å². The van der Waals surface area contributed by atoms with Crippen LogP contribution in [0.4, 0.5) is 11.5 Å². The Balaban J connectivity index is 1.89. The van der Waals surface area contributed by atoms with Crippen LogP contribution in [0.1, 0.15) is 16.8 Å². The molecule has 128 valence electrons. The van der Waals surface area contributed by atoms with Gasteiger partial charge in [-0.2, -0.15) is 5.26 Å². The summed E-state index contributed by atoms with van der Waals surface area (Å²) in [6.45, 7) is 1.49. The van der Waals surface area contributed by atoms with E-state index < -0.39 is 0 Å². The van der Waals surface area contributed by atoms with Crippen LogP contribution in [0.5, 0.6) is 5.75 Å². The van der Waals surface area contributed by atoms with Gasteiger partial charge in [0.25, 0.3) is 0 Å². The summed E-state index contributed by atoms with van der Waals surface area (Å²) in [6.07, 6.45) is 0.756. The van der Waals surface area contributed by atoms with Crippen molar-refractivity contribution in [3.63, 3.8) is 0 Å². The van der Waals surface area contributed by atoms with Crippen LogP contribution in [-0.4, -0.2) is 16.6 Å². The fraction of sp³-hybridized carbons (Fsp3) is 0.143. The van der Waals surface area contributed by atoms with E-state index in [-0.39, 0.29) is 11.6 Å². The maximum atomic E-state index is 9.90. The van der Waals surface area contributed by atoms with Crippen LogP contribution in [0, 0.1) is 11.3 Å². The Morgan fingerprint density at radius 3 is 2.65 bits per heavy atom. The number of hydrogen-bond acceptors (Lipinski definition) is 5. The first kappa shape index (κ1) is 16.0. The highest BCUT2D eigenvalue weighted by Crippen LogP contribution is 2.37. The number of pyridine rings is 1. The largest absolute Gasteiger partial charge is 0.508 e. The lowest BCUT2D eigenvalue weighted by Gasteiger charge is -2.32. The molecule has 0 bridgehead atoms. The molecule has 1 aliphatic heterocycles. The van der Waals surface area contributed by atoms with Crippen LogP contribution in [0.25, 0.3) is 11.1 Å². The van der Waals surface area contributed by atoms with Crippen molar-refractivity contribution in [2.45, 2.75) is 13.0 Å². The van der Waals surface area contributed by atoms with Crippen LogP contribution in [0.15, 0.2) is 54.6 Å². The molecule has 2 aromatic carbocycles. The zero-order valence-corrected chi connectivity index (χ0v) is 14.2. The van der Waals surface area contributed by atoms with Gasteiger partial charge in [-0.1, -0.05) is 30.3 Å². The third-order valence-electron chi connectivity index (χ3n) is 4.75. The van der Waals surface area contributed by atoms with Gasteiger partial charge in [0.15, 0.2) is 0 Å². The van der Waals surface area contributed by atoms with Gasteiger partial charge in [-0.25, -0.2) is 4.98 Å².